The lowest BCUT2D eigenvalue weighted by atomic mass is 10.7. The lowest BCUT2D eigenvalue weighted by Crippen LogP contribution is -1.95. The van der Waals surface area contributed by atoms with Gasteiger partial charge in [-0.1, -0.05) is 0 Å². The van der Waals surface area contributed by atoms with Crippen molar-refractivity contribution in [2.45, 2.75) is 0 Å². The van der Waals surface area contributed by atoms with Gasteiger partial charge in [0.15, 0.2) is 0 Å². The van der Waals surface area contributed by atoms with Crippen LogP contribution in [0.25, 0.3) is 0 Å². The molecule has 0 aliphatic carbocycles. The Morgan fingerprint density at radius 2 is 2.50 bits per heavy atom. The summed E-state index contributed by atoms with van der Waals surface area (Å²) in [6.07, 6.45) is 0. The average molecular weight is 90.1 g/mol. The summed E-state index contributed by atoms with van der Waals surface area (Å²) < 4.78 is 0. The average Bonchev–Trinajstić information content (AvgIpc) is 1.35. The molecule has 0 aromatic rings. The molecule has 0 amide bonds. The van der Waals surface area contributed by atoms with Gasteiger partial charge in [-0.25, -0.2) is 0 Å². The summed E-state index contributed by atoms with van der Waals surface area (Å²) in [5, 5.41) is 16.9. The maximum Gasteiger partial charge on any atom is -0.00558 e. The summed E-state index contributed by atoms with van der Waals surface area (Å²) in [6.45, 7) is 0.0764. The lowest BCUT2D eigenvalue weighted by molar-refractivity contribution is -0.439. The molecule has 0 saturated heterocycles. The molecule has 0 aliphatic rings. The van der Waals surface area contributed by atoms with Gasteiger partial charge in [0.1, 0.15) is 0 Å². The zero-order valence-electron chi connectivity index (χ0n) is 3.00. The first kappa shape index (κ1) is 5.23. The first-order valence-electron chi connectivity index (χ1n) is 1.35. The fourth-order valence-corrected chi connectivity index (χ4v) is 0.0667. The van der Waals surface area contributed by atoms with Crippen LogP contribution in [0.5, 0.6) is 0 Å². The van der Waals surface area contributed by atoms with E-state index in [4.69, 9.17) is 5.11 Å². The first-order valence-corrected chi connectivity index (χ1v) is 1.35. The molecule has 0 aromatic carbocycles. The van der Waals surface area contributed by atoms with Gasteiger partial charge >= 0.3 is 0 Å². The highest BCUT2D eigenvalue weighted by molar-refractivity contribution is 4.37. The molecule has 0 radical (unpaired) electrons. The van der Waals surface area contributed by atoms with Crippen LogP contribution in [0.4, 0.5) is 0 Å². The van der Waals surface area contributed by atoms with Gasteiger partial charge in [-0.05, 0) is 13.2 Å². The molecule has 36 valence electrons. The molecule has 0 rings (SSSR count). The van der Waals surface area contributed by atoms with Crippen LogP contribution in [0.2, 0.25) is 0 Å². The van der Waals surface area contributed by atoms with Crippen molar-refractivity contribution in [2.24, 2.45) is 0 Å². The van der Waals surface area contributed by atoms with Gasteiger partial charge in [0.25, 0.3) is 0 Å². The molecular formula is C2H4NO3-. The Labute approximate surface area is 34.6 Å². The van der Waals surface area contributed by atoms with Crippen LogP contribution in [0.1, 0.15) is 0 Å². The molecule has 0 bridgehead atoms. The van der Waals surface area contributed by atoms with Crippen LogP contribution >= 0.6 is 0 Å². The quantitative estimate of drug-likeness (QED) is 0.280. The van der Waals surface area contributed by atoms with Crippen molar-refractivity contribution in [3.05, 3.63) is 16.7 Å². The van der Waals surface area contributed by atoms with Gasteiger partial charge in [-0.2, -0.15) is 0 Å². The fraction of sp³-hybridized carbons (Fsp3) is 0.500. The van der Waals surface area contributed by atoms with Crippen LogP contribution in [-0.4, -0.2) is 16.6 Å². The third-order valence-electron chi connectivity index (χ3n) is 0.231. The molecular weight excluding hydrogens is 86.0 g/mol. The molecule has 0 spiro atoms. The number of hydrogen-bond acceptors (Lipinski definition) is 3. The smallest absolute Gasteiger partial charge is 0.00558 e. The van der Waals surface area contributed by atoms with Crippen LogP contribution in [0.3, 0.4) is 0 Å². The standard InChI is InChI=1S/C2H4NO3/c4-2-1-3(5)6/h1,4H,2H2/q-1. The summed E-state index contributed by atoms with van der Waals surface area (Å²) in [6, 6.07) is 0. The number of nitrogens with zero attached hydrogens (tertiary/aromatic N) is 1. The minimum absolute atomic E-state index is 0.493. The molecule has 4 heteroatoms. The normalized spacial score (nSPS) is 7.50. The van der Waals surface area contributed by atoms with Crippen LogP contribution in [0, 0.1) is 16.7 Å². The van der Waals surface area contributed by atoms with Gasteiger partial charge in [0.2, 0.25) is 0 Å². The van der Waals surface area contributed by atoms with Crippen LogP contribution in [-0.2, 0) is 0 Å². The third kappa shape index (κ3) is 3.23. The SMILES string of the molecule is O=[N+]([O-])[CH-]CO. The maximum atomic E-state index is 9.19. The second-order valence-electron chi connectivity index (χ2n) is 0.651. The summed E-state index contributed by atoms with van der Waals surface area (Å²) in [4.78, 5) is 8.49. The minimum Gasteiger partial charge on any atom is -0.420 e. The van der Waals surface area contributed by atoms with E-state index in [1.54, 1.807) is 0 Å². The molecule has 0 heterocycles. The van der Waals surface area contributed by atoms with E-state index in [1.807, 2.05) is 0 Å². The van der Waals surface area contributed by atoms with E-state index < -0.39 is 11.5 Å². The maximum absolute atomic E-state index is 9.19. The predicted molar refractivity (Wildman–Crippen MR) is 18.4 cm³/mol. The highest BCUT2D eigenvalue weighted by atomic mass is 16.6. The lowest BCUT2D eigenvalue weighted by Gasteiger charge is -1.93. The molecule has 0 saturated carbocycles. The monoisotopic (exact) mass is 90.0 g/mol. The van der Waals surface area contributed by atoms with E-state index in [2.05, 4.69) is 0 Å². The molecule has 0 unspecified atom stereocenters. The van der Waals surface area contributed by atoms with Crippen molar-refractivity contribution in [1.82, 2.24) is 0 Å². The van der Waals surface area contributed by atoms with E-state index >= 15 is 0 Å². The highest BCUT2D eigenvalue weighted by Gasteiger charge is 1.71. The molecule has 4 nitrogen and oxygen atoms in total. The molecule has 6 heavy (non-hydrogen) atoms. The van der Waals surface area contributed by atoms with Crippen molar-refractivity contribution in [3.8, 4) is 0 Å². The van der Waals surface area contributed by atoms with Crippen molar-refractivity contribution < 1.29 is 10.0 Å². The van der Waals surface area contributed by atoms with Gasteiger partial charge in [-0.3, -0.25) is 10.1 Å². The third-order valence-corrected chi connectivity index (χ3v) is 0.231. The molecule has 1 N–H and O–H groups in total. The highest BCUT2D eigenvalue weighted by Crippen LogP contribution is 1.69. The number of nitro groups is 1. The zero-order valence-corrected chi connectivity index (χ0v) is 3.00. The van der Waals surface area contributed by atoms with E-state index in [1.165, 1.54) is 0 Å². The van der Waals surface area contributed by atoms with E-state index in [-0.39, 0.29) is 0 Å². The van der Waals surface area contributed by atoms with E-state index in [9.17, 15) is 10.1 Å². The molecule has 0 fully saturated rings. The summed E-state index contributed by atoms with van der Waals surface area (Å²) in [5.74, 6) is 0. The topological polar surface area (TPSA) is 63.4 Å². The summed E-state index contributed by atoms with van der Waals surface area (Å²) >= 11 is 0. The Kier molecular flexibility index (Phi) is 2.15. The first-order chi connectivity index (χ1) is 2.77. The van der Waals surface area contributed by atoms with Crippen molar-refractivity contribution >= 4 is 0 Å². The Hall–Kier alpha value is -0.770. The van der Waals surface area contributed by atoms with Crippen LogP contribution in [0.15, 0.2) is 0 Å². The summed E-state index contributed by atoms with van der Waals surface area (Å²) in [5.41, 5.74) is 0. The number of rotatable bonds is 2. The molecule has 0 aliphatic heterocycles. The Morgan fingerprint density at radius 1 is 2.00 bits per heavy atom. The molecule has 0 aromatic heterocycles. The number of aliphatic hydroxyl groups excluding tert-OH is 1. The largest absolute Gasteiger partial charge is 0.420 e. The summed E-state index contributed by atoms with van der Waals surface area (Å²) in [7, 11) is 0. The second-order valence-corrected chi connectivity index (χ2v) is 0.651. The van der Waals surface area contributed by atoms with Crippen molar-refractivity contribution in [2.75, 3.05) is 6.61 Å². The minimum atomic E-state index is -0.694. The molecule has 0 atom stereocenters. The Bertz CT molecular complexity index is 52.8. The van der Waals surface area contributed by atoms with Gasteiger partial charge in [-0.15, -0.1) is 4.92 Å². The second kappa shape index (κ2) is 2.47. The number of hydrogen-bond donors (Lipinski definition) is 1. The predicted octanol–water partition coefficient (Wildman–Crippen LogP) is -0.583. The van der Waals surface area contributed by atoms with E-state index in [0.717, 1.165) is 0 Å². The Balaban J connectivity index is 2.83. The fourth-order valence-electron chi connectivity index (χ4n) is 0.0667. The van der Waals surface area contributed by atoms with Gasteiger partial charge in [0, 0.05) is 0 Å². The van der Waals surface area contributed by atoms with Crippen molar-refractivity contribution in [1.29, 1.82) is 0 Å². The number of aliphatic hydroxyl groups is 1. The zero-order chi connectivity index (χ0) is 4.99. The van der Waals surface area contributed by atoms with Gasteiger partial charge in [0.05, 0.1) is 0 Å². The Morgan fingerprint density at radius 3 is 2.50 bits per heavy atom. The van der Waals surface area contributed by atoms with E-state index in [0.29, 0.717) is 6.54 Å². The van der Waals surface area contributed by atoms with Gasteiger partial charge < -0.3 is 5.11 Å². The van der Waals surface area contributed by atoms with Crippen LogP contribution < -0.4 is 0 Å². The van der Waals surface area contributed by atoms with Crippen molar-refractivity contribution in [3.63, 3.8) is 0 Å².